The zero-order chi connectivity index (χ0) is 14.5. The molecule has 0 radical (unpaired) electrons. The van der Waals surface area contributed by atoms with Crippen LogP contribution >= 0.6 is 11.6 Å². The lowest BCUT2D eigenvalue weighted by molar-refractivity contribution is 0.301. The van der Waals surface area contributed by atoms with Gasteiger partial charge in [-0.2, -0.15) is 0 Å². The topological polar surface area (TPSA) is 35.5 Å². The fourth-order valence-electron chi connectivity index (χ4n) is 2.47. The van der Waals surface area contributed by atoms with Crippen LogP contribution in [0.3, 0.4) is 0 Å². The first-order valence-electron chi connectivity index (χ1n) is 7.49. The third-order valence-electron chi connectivity index (χ3n) is 3.59. The summed E-state index contributed by atoms with van der Waals surface area (Å²) >= 11 is 6.38. The van der Waals surface area contributed by atoms with Gasteiger partial charge in [-0.25, -0.2) is 0 Å². The van der Waals surface area contributed by atoms with Gasteiger partial charge in [0.25, 0.3) is 0 Å². The summed E-state index contributed by atoms with van der Waals surface area (Å²) in [7, 11) is 0. The van der Waals surface area contributed by atoms with Gasteiger partial charge in [-0.3, -0.25) is 0 Å². The zero-order valence-corrected chi connectivity index (χ0v) is 13.2. The van der Waals surface area contributed by atoms with Crippen molar-refractivity contribution in [2.45, 2.75) is 39.3 Å². The summed E-state index contributed by atoms with van der Waals surface area (Å²) in [5, 5.41) is 13.6. The molecule has 1 aliphatic rings. The molecule has 2 N–H and O–H groups in total. The van der Waals surface area contributed by atoms with Crippen LogP contribution in [-0.4, -0.2) is 30.8 Å². The highest BCUT2D eigenvalue weighted by molar-refractivity contribution is 6.31. The molecule has 0 amide bonds. The maximum atomic E-state index is 9.29. The van der Waals surface area contributed by atoms with Gasteiger partial charge in [0.2, 0.25) is 0 Å². The lowest BCUT2D eigenvalue weighted by Gasteiger charge is -2.27. The average molecular weight is 297 g/mol. The molecule has 0 atom stereocenters. The highest BCUT2D eigenvalue weighted by Crippen LogP contribution is 2.35. The molecule has 1 fully saturated rings. The number of aliphatic hydroxyl groups excluding tert-OH is 1. The Bertz CT molecular complexity index is 432. The Balaban J connectivity index is 2.15. The van der Waals surface area contributed by atoms with Crippen LogP contribution in [0.5, 0.6) is 0 Å². The Morgan fingerprint density at radius 1 is 1.40 bits per heavy atom. The normalized spacial score (nSPS) is 14.8. The van der Waals surface area contributed by atoms with Crippen molar-refractivity contribution in [3.05, 3.63) is 28.8 Å². The number of rotatable bonds is 8. The number of hydrogen-bond donors (Lipinski definition) is 2. The summed E-state index contributed by atoms with van der Waals surface area (Å²) in [5.41, 5.74) is 2.32. The van der Waals surface area contributed by atoms with E-state index in [0.29, 0.717) is 18.5 Å². The van der Waals surface area contributed by atoms with E-state index in [9.17, 15) is 5.11 Å². The van der Waals surface area contributed by atoms with E-state index in [1.807, 2.05) is 12.1 Å². The highest BCUT2D eigenvalue weighted by atomic mass is 35.5. The van der Waals surface area contributed by atoms with Gasteiger partial charge in [0.1, 0.15) is 0 Å². The Hall–Kier alpha value is -0.770. The zero-order valence-electron chi connectivity index (χ0n) is 12.4. The minimum absolute atomic E-state index is 0.182. The molecule has 20 heavy (non-hydrogen) atoms. The summed E-state index contributed by atoms with van der Waals surface area (Å²) in [6.45, 7) is 7.02. The summed E-state index contributed by atoms with van der Waals surface area (Å²) in [6, 6.07) is 6.63. The number of anilines is 1. The monoisotopic (exact) mass is 296 g/mol. The number of nitrogens with one attached hydrogen (secondary N) is 1. The first-order chi connectivity index (χ1) is 9.63. The number of hydrogen-bond acceptors (Lipinski definition) is 3. The maximum absolute atomic E-state index is 9.29. The summed E-state index contributed by atoms with van der Waals surface area (Å²) < 4.78 is 0. The minimum Gasteiger partial charge on any atom is -0.395 e. The summed E-state index contributed by atoms with van der Waals surface area (Å²) in [5.74, 6) is 0.623. The van der Waals surface area contributed by atoms with E-state index in [1.165, 1.54) is 18.5 Å². The first-order valence-corrected chi connectivity index (χ1v) is 7.87. The van der Waals surface area contributed by atoms with Gasteiger partial charge in [-0.05, 0) is 37.4 Å². The second kappa shape index (κ2) is 7.30. The van der Waals surface area contributed by atoms with Crippen molar-refractivity contribution < 1.29 is 5.11 Å². The van der Waals surface area contributed by atoms with Crippen LogP contribution in [0.2, 0.25) is 5.02 Å². The molecule has 0 saturated heterocycles. The highest BCUT2D eigenvalue weighted by Gasteiger charge is 2.30. The molecule has 3 nitrogen and oxygen atoms in total. The van der Waals surface area contributed by atoms with Crippen LogP contribution in [-0.2, 0) is 6.54 Å². The van der Waals surface area contributed by atoms with E-state index in [1.54, 1.807) is 0 Å². The molecular formula is C16H25ClN2O. The third-order valence-corrected chi connectivity index (χ3v) is 3.94. The maximum Gasteiger partial charge on any atom is 0.0606 e. The minimum atomic E-state index is 0.182. The Morgan fingerprint density at radius 3 is 2.75 bits per heavy atom. The van der Waals surface area contributed by atoms with Gasteiger partial charge in [-0.15, -0.1) is 0 Å². The van der Waals surface area contributed by atoms with Crippen molar-refractivity contribution in [2.75, 3.05) is 24.6 Å². The van der Waals surface area contributed by atoms with Gasteiger partial charge in [0.05, 0.1) is 6.61 Å². The molecule has 0 bridgehead atoms. The number of benzene rings is 1. The van der Waals surface area contributed by atoms with Crippen LogP contribution in [0.25, 0.3) is 0 Å². The summed E-state index contributed by atoms with van der Waals surface area (Å²) in [4.78, 5) is 2.30. The molecule has 1 saturated carbocycles. The molecule has 0 aromatic heterocycles. The molecule has 0 heterocycles. The van der Waals surface area contributed by atoms with E-state index >= 15 is 0 Å². The molecule has 0 spiro atoms. The molecular weight excluding hydrogens is 272 g/mol. The smallest absolute Gasteiger partial charge is 0.0606 e. The largest absolute Gasteiger partial charge is 0.395 e. The van der Waals surface area contributed by atoms with E-state index in [-0.39, 0.29) is 6.61 Å². The van der Waals surface area contributed by atoms with Crippen molar-refractivity contribution >= 4 is 17.3 Å². The average Bonchev–Trinajstić information content (AvgIpc) is 3.22. The molecule has 0 aliphatic heterocycles. The van der Waals surface area contributed by atoms with Crippen molar-refractivity contribution in [1.29, 1.82) is 0 Å². The quantitative estimate of drug-likeness (QED) is 0.774. The molecule has 1 aliphatic carbocycles. The van der Waals surface area contributed by atoms with Crippen molar-refractivity contribution in [3.8, 4) is 0 Å². The fraction of sp³-hybridized carbons (Fsp3) is 0.625. The van der Waals surface area contributed by atoms with Crippen LogP contribution in [0, 0.1) is 5.92 Å². The van der Waals surface area contributed by atoms with Crippen LogP contribution in [0.1, 0.15) is 32.3 Å². The van der Waals surface area contributed by atoms with E-state index in [4.69, 9.17) is 11.6 Å². The second-order valence-electron chi connectivity index (χ2n) is 5.91. The van der Waals surface area contributed by atoms with Crippen molar-refractivity contribution in [3.63, 3.8) is 0 Å². The predicted molar refractivity (Wildman–Crippen MR) is 85.5 cm³/mol. The molecule has 1 aromatic rings. The van der Waals surface area contributed by atoms with Gasteiger partial charge in [0.15, 0.2) is 0 Å². The molecule has 112 valence electrons. The van der Waals surface area contributed by atoms with Crippen molar-refractivity contribution in [2.24, 2.45) is 5.92 Å². The molecule has 4 heteroatoms. The third kappa shape index (κ3) is 4.11. The Labute approximate surface area is 126 Å². The SMILES string of the molecule is CC(C)CNCc1c(Cl)cccc1N(CCO)C1CC1. The van der Waals surface area contributed by atoms with Gasteiger partial charge < -0.3 is 15.3 Å². The number of halogens is 1. The number of aliphatic hydroxyl groups is 1. The molecule has 2 rings (SSSR count). The number of nitrogens with zero attached hydrogens (tertiary/aromatic N) is 1. The lowest BCUT2D eigenvalue weighted by Crippen LogP contribution is -2.31. The van der Waals surface area contributed by atoms with Crippen LogP contribution in [0.15, 0.2) is 18.2 Å². The predicted octanol–water partition coefficient (Wildman–Crippen LogP) is 3.05. The van der Waals surface area contributed by atoms with Gasteiger partial charge in [0, 0.05) is 35.4 Å². The summed E-state index contributed by atoms with van der Waals surface area (Å²) in [6.07, 6.45) is 2.43. The van der Waals surface area contributed by atoms with Crippen molar-refractivity contribution in [1.82, 2.24) is 5.32 Å². The standard InChI is InChI=1S/C16H25ClN2O/c1-12(2)10-18-11-14-15(17)4-3-5-16(14)19(8-9-20)13-6-7-13/h3-5,12-13,18,20H,6-11H2,1-2H3. The molecule has 1 aromatic carbocycles. The van der Waals surface area contributed by atoms with E-state index in [0.717, 1.165) is 23.7 Å². The van der Waals surface area contributed by atoms with Crippen LogP contribution in [0.4, 0.5) is 5.69 Å². The fourth-order valence-corrected chi connectivity index (χ4v) is 2.71. The van der Waals surface area contributed by atoms with Gasteiger partial charge in [-0.1, -0.05) is 31.5 Å². The lowest BCUT2D eigenvalue weighted by atomic mass is 10.1. The Morgan fingerprint density at radius 2 is 2.15 bits per heavy atom. The van der Waals surface area contributed by atoms with Gasteiger partial charge >= 0.3 is 0 Å². The second-order valence-corrected chi connectivity index (χ2v) is 6.32. The first kappa shape index (κ1) is 15.6. The molecule has 0 unspecified atom stereocenters. The Kier molecular flexibility index (Phi) is 5.70. The van der Waals surface area contributed by atoms with Crippen LogP contribution < -0.4 is 10.2 Å². The van der Waals surface area contributed by atoms with E-state index in [2.05, 4.69) is 30.1 Å². The van der Waals surface area contributed by atoms with E-state index < -0.39 is 0 Å².